The van der Waals surface area contributed by atoms with E-state index in [0.717, 1.165) is 16.7 Å². The van der Waals surface area contributed by atoms with Gasteiger partial charge in [-0.25, -0.2) is 0 Å². The van der Waals surface area contributed by atoms with E-state index in [1.54, 1.807) is 0 Å². The fourth-order valence-corrected chi connectivity index (χ4v) is 1.97. The van der Waals surface area contributed by atoms with E-state index in [1.165, 1.54) is 16.6 Å². The highest BCUT2D eigenvalue weighted by molar-refractivity contribution is 5.87. The molecule has 0 unspecified atom stereocenters. The van der Waals surface area contributed by atoms with E-state index in [-0.39, 0.29) is 6.61 Å². The Morgan fingerprint density at radius 3 is 2.81 bits per heavy atom. The van der Waals surface area contributed by atoms with Gasteiger partial charge in [0.1, 0.15) is 0 Å². The van der Waals surface area contributed by atoms with E-state index in [1.807, 2.05) is 0 Å². The number of aryl methyl sites for hydroxylation is 2. The van der Waals surface area contributed by atoms with E-state index in [9.17, 15) is 0 Å². The number of aromatic nitrogens is 1. The van der Waals surface area contributed by atoms with Crippen molar-refractivity contribution in [1.29, 1.82) is 0 Å². The fourth-order valence-electron chi connectivity index (χ4n) is 1.97. The van der Waals surface area contributed by atoms with Gasteiger partial charge in [-0.1, -0.05) is 18.7 Å². The van der Waals surface area contributed by atoms with Crippen LogP contribution >= 0.6 is 0 Å². The van der Waals surface area contributed by atoms with Crippen molar-refractivity contribution < 1.29 is 5.11 Å². The van der Waals surface area contributed by atoms with Gasteiger partial charge in [0.05, 0.1) is 0 Å². The van der Waals surface area contributed by atoms with Crippen molar-refractivity contribution in [2.75, 3.05) is 6.61 Å². The van der Waals surface area contributed by atoms with E-state index in [2.05, 4.69) is 43.6 Å². The molecule has 0 saturated carbocycles. The summed E-state index contributed by atoms with van der Waals surface area (Å²) in [5.74, 6) is 0. The first kappa shape index (κ1) is 11.0. The minimum atomic E-state index is 0.152. The summed E-state index contributed by atoms with van der Waals surface area (Å²) in [5, 5.41) is 10.2. The highest BCUT2D eigenvalue weighted by Gasteiger charge is 2.05. The molecule has 1 aromatic heterocycles. The first-order valence-electron chi connectivity index (χ1n) is 5.51. The predicted octanol–water partition coefficient (Wildman–Crippen LogP) is 3.18. The van der Waals surface area contributed by atoms with Crippen molar-refractivity contribution in [3.05, 3.63) is 41.6 Å². The number of fused-ring (bicyclic) bond motifs is 1. The number of hydrogen-bond acceptors (Lipinski definition) is 1. The molecule has 0 bridgehead atoms. The lowest BCUT2D eigenvalue weighted by Crippen LogP contribution is -1.87. The summed E-state index contributed by atoms with van der Waals surface area (Å²) in [6.45, 7) is 8.33. The summed E-state index contributed by atoms with van der Waals surface area (Å²) >= 11 is 0. The second kappa shape index (κ2) is 4.14. The summed E-state index contributed by atoms with van der Waals surface area (Å²) in [5.41, 5.74) is 5.73. The number of nitrogens with one attached hydrogen (secondary N) is 1. The third kappa shape index (κ3) is 1.76. The van der Waals surface area contributed by atoms with Crippen LogP contribution in [0.25, 0.3) is 16.5 Å². The molecule has 2 aromatic rings. The van der Waals surface area contributed by atoms with Gasteiger partial charge in [0.15, 0.2) is 0 Å². The normalized spacial score (nSPS) is 10.9. The van der Waals surface area contributed by atoms with Crippen LogP contribution in [0.3, 0.4) is 0 Å². The SMILES string of the molecule is C=C(CCO)c1ccc2c(C)c(C)[nH]c2c1. The number of rotatable bonds is 3. The van der Waals surface area contributed by atoms with Crippen LogP contribution in [-0.4, -0.2) is 16.7 Å². The second-order valence-corrected chi connectivity index (χ2v) is 4.21. The van der Waals surface area contributed by atoms with Gasteiger partial charge >= 0.3 is 0 Å². The zero-order chi connectivity index (χ0) is 11.7. The van der Waals surface area contributed by atoms with E-state index in [4.69, 9.17) is 5.11 Å². The lowest BCUT2D eigenvalue weighted by molar-refractivity contribution is 0.305. The smallest absolute Gasteiger partial charge is 0.0471 e. The van der Waals surface area contributed by atoms with Gasteiger partial charge in [-0.05, 0) is 43.0 Å². The molecule has 2 N–H and O–H groups in total. The Morgan fingerprint density at radius 2 is 2.12 bits per heavy atom. The van der Waals surface area contributed by atoms with Crippen LogP contribution < -0.4 is 0 Å². The average Bonchev–Trinajstić information content (AvgIpc) is 2.55. The summed E-state index contributed by atoms with van der Waals surface area (Å²) in [4.78, 5) is 3.36. The number of aromatic amines is 1. The van der Waals surface area contributed by atoms with Crippen LogP contribution in [0.15, 0.2) is 24.8 Å². The molecule has 1 heterocycles. The Bertz CT molecular complexity index is 537. The zero-order valence-corrected chi connectivity index (χ0v) is 9.80. The van der Waals surface area contributed by atoms with Crippen molar-refractivity contribution in [2.24, 2.45) is 0 Å². The Morgan fingerprint density at radius 1 is 1.38 bits per heavy atom. The van der Waals surface area contributed by atoms with Crippen LogP contribution in [0.2, 0.25) is 0 Å². The molecule has 2 nitrogen and oxygen atoms in total. The molecular formula is C14H17NO. The predicted molar refractivity (Wildman–Crippen MR) is 68.5 cm³/mol. The van der Waals surface area contributed by atoms with Crippen LogP contribution in [0.1, 0.15) is 23.2 Å². The summed E-state index contributed by atoms with van der Waals surface area (Å²) in [7, 11) is 0. The molecule has 0 spiro atoms. The molecule has 84 valence electrons. The van der Waals surface area contributed by atoms with E-state index in [0.29, 0.717) is 6.42 Å². The van der Waals surface area contributed by atoms with Gasteiger partial charge in [0.2, 0.25) is 0 Å². The summed E-state index contributed by atoms with van der Waals surface area (Å²) in [6, 6.07) is 6.29. The zero-order valence-electron chi connectivity index (χ0n) is 9.80. The maximum absolute atomic E-state index is 8.89. The molecular weight excluding hydrogens is 198 g/mol. The van der Waals surface area contributed by atoms with Crippen molar-refractivity contribution >= 4 is 16.5 Å². The molecule has 0 aliphatic rings. The quantitative estimate of drug-likeness (QED) is 0.810. The van der Waals surface area contributed by atoms with Crippen molar-refractivity contribution in [3.63, 3.8) is 0 Å². The molecule has 0 amide bonds. The molecule has 0 aliphatic heterocycles. The maximum Gasteiger partial charge on any atom is 0.0471 e. The van der Waals surface area contributed by atoms with Gasteiger partial charge in [0.25, 0.3) is 0 Å². The Kier molecular flexibility index (Phi) is 2.84. The van der Waals surface area contributed by atoms with Crippen molar-refractivity contribution in [3.8, 4) is 0 Å². The molecule has 2 rings (SSSR count). The number of aliphatic hydroxyl groups excluding tert-OH is 1. The van der Waals surface area contributed by atoms with Crippen LogP contribution in [0, 0.1) is 13.8 Å². The Balaban J connectivity index is 2.48. The lowest BCUT2D eigenvalue weighted by atomic mass is 10.0. The third-order valence-electron chi connectivity index (χ3n) is 3.13. The molecule has 1 aromatic carbocycles. The highest BCUT2D eigenvalue weighted by atomic mass is 16.2. The van der Waals surface area contributed by atoms with Crippen molar-refractivity contribution in [2.45, 2.75) is 20.3 Å². The highest BCUT2D eigenvalue weighted by Crippen LogP contribution is 2.25. The minimum absolute atomic E-state index is 0.152. The number of H-pyrrole nitrogens is 1. The van der Waals surface area contributed by atoms with Crippen LogP contribution in [-0.2, 0) is 0 Å². The van der Waals surface area contributed by atoms with Gasteiger partial charge in [-0.2, -0.15) is 0 Å². The monoisotopic (exact) mass is 215 g/mol. The molecule has 0 fully saturated rings. The largest absolute Gasteiger partial charge is 0.396 e. The topological polar surface area (TPSA) is 36.0 Å². The van der Waals surface area contributed by atoms with Crippen molar-refractivity contribution in [1.82, 2.24) is 4.98 Å². The minimum Gasteiger partial charge on any atom is -0.396 e. The molecule has 0 atom stereocenters. The van der Waals surface area contributed by atoms with Gasteiger partial charge < -0.3 is 10.1 Å². The number of hydrogen-bond donors (Lipinski definition) is 2. The standard InChI is InChI=1S/C14H17NO/c1-9(6-7-16)12-4-5-13-10(2)11(3)15-14(13)8-12/h4-5,8,15-16H,1,6-7H2,2-3H3. The number of aliphatic hydroxyl groups is 1. The van der Waals surface area contributed by atoms with E-state index < -0.39 is 0 Å². The summed E-state index contributed by atoms with van der Waals surface area (Å²) < 4.78 is 0. The second-order valence-electron chi connectivity index (χ2n) is 4.21. The first-order valence-corrected chi connectivity index (χ1v) is 5.51. The molecule has 2 heteroatoms. The molecule has 0 radical (unpaired) electrons. The Hall–Kier alpha value is -1.54. The maximum atomic E-state index is 8.89. The van der Waals surface area contributed by atoms with Crippen LogP contribution in [0.5, 0.6) is 0 Å². The fraction of sp³-hybridized carbons (Fsp3) is 0.286. The lowest BCUT2D eigenvalue weighted by Gasteiger charge is -2.04. The first-order chi connectivity index (χ1) is 7.63. The Labute approximate surface area is 95.6 Å². The third-order valence-corrected chi connectivity index (χ3v) is 3.13. The average molecular weight is 215 g/mol. The molecule has 0 aliphatic carbocycles. The van der Waals surface area contributed by atoms with Gasteiger partial charge in [-0.15, -0.1) is 0 Å². The van der Waals surface area contributed by atoms with Gasteiger partial charge in [-0.3, -0.25) is 0 Å². The number of benzene rings is 1. The molecule has 16 heavy (non-hydrogen) atoms. The molecule has 0 saturated heterocycles. The van der Waals surface area contributed by atoms with E-state index >= 15 is 0 Å². The summed E-state index contributed by atoms with van der Waals surface area (Å²) in [6.07, 6.45) is 0.629. The van der Waals surface area contributed by atoms with Gasteiger partial charge in [0, 0.05) is 23.2 Å². The van der Waals surface area contributed by atoms with Crippen LogP contribution in [0.4, 0.5) is 0 Å².